The van der Waals surface area contributed by atoms with Crippen LogP contribution in [0.3, 0.4) is 0 Å². The number of hydrogen-bond donors (Lipinski definition) is 1. The quantitative estimate of drug-likeness (QED) is 0.892. The van der Waals surface area contributed by atoms with Crippen LogP contribution in [0.15, 0.2) is 36.4 Å². The Morgan fingerprint density at radius 3 is 2.50 bits per heavy atom. The summed E-state index contributed by atoms with van der Waals surface area (Å²) in [6.07, 6.45) is 0. The van der Waals surface area contributed by atoms with Crippen LogP contribution in [-0.2, 0) is 0 Å². The Morgan fingerprint density at radius 1 is 1.11 bits per heavy atom. The van der Waals surface area contributed by atoms with Gasteiger partial charge in [-0.1, -0.05) is 37.3 Å². The molecular weight excluding hydrogens is 222 g/mol. The number of hydrogen-bond acceptors (Lipinski definition) is 3. The lowest BCUT2D eigenvalue weighted by Gasteiger charge is -2.13. The van der Waals surface area contributed by atoms with Gasteiger partial charge in [0.15, 0.2) is 0 Å². The molecule has 1 N–H and O–H groups in total. The van der Waals surface area contributed by atoms with Crippen LogP contribution in [0, 0.1) is 13.8 Å². The molecule has 2 aromatic rings. The number of benzene rings is 1. The number of nitrogens with zero attached hydrogens (tertiary/aromatic N) is 2. The molecule has 1 heterocycles. The van der Waals surface area contributed by atoms with Crippen molar-refractivity contribution in [2.24, 2.45) is 0 Å². The third-order valence-corrected chi connectivity index (χ3v) is 2.92. The van der Waals surface area contributed by atoms with E-state index in [0.717, 1.165) is 23.9 Å². The van der Waals surface area contributed by atoms with Crippen molar-refractivity contribution < 1.29 is 0 Å². The van der Waals surface area contributed by atoms with Crippen LogP contribution < -0.4 is 5.32 Å². The number of nitrogens with one attached hydrogen (secondary N) is 1. The lowest BCUT2D eigenvalue weighted by molar-refractivity contribution is 0.799. The summed E-state index contributed by atoms with van der Waals surface area (Å²) >= 11 is 0. The number of rotatable bonds is 4. The maximum absolute atomic E-state index is 4.38. The van der Waals surface area contributed by atoms with E-state index in [0.29, 0.717) is 5.92 Å². The van der Waals surface area contributed by atoms with Gasteiger partial charge in [-0.05, 0) is 25.3 Å². The van der Waals surface area contributed by atoms with E-state index in [9.17, 15) is 0 Å². The van der Waals surface area contributed by atoms with Gasteiger partial charge in [-0.25, -0.2) is 9.97 Å². The third-order valence-electron chi connectivity index (χ3n) is 2.92. The summed E-state index contributed by atoms with van der Waals surface area (Å²) < 4.78 is 0. The van der Waals surface area contributed by atoms with Crippen molar-refractivity contribution in [3.05, 3.63) is 53.5 Å². The second kappa shape index (κ2) is 5.63. The summed E-state index contributed by atoms with van der Waals surface area (Å²) in [5.41, 5.74) is 2.34. The molecule has 3 heteroatoms. The molecule has 1 aromatic carbocycles. The van der Waals surface area contributed by atoms with Crippen molar-refractivity contribution >= 4 is 5.82 Å². The Morgan fingerprint density at radius 2 is 1.83 bits per heavy atom. The molecule has 0 bridgehead atoms. The fraction of sp³-hybridized carbons (Fsp3) is 0.333. The molecule has 0 fully saturated rings. The molecule has 94 valence electrons. The minimum Gasteiger partial charge on any atom is -0.369 e. The van der Waals surface area contributed by atoms with Gasteiger partial charge in [0.25, 0.3) is 0 Å². The molecule has 0 amide bonds. The Labute approximate surface area is 108 Å². The van der Waals surface area contributed by atoms with Crippen LogP contribution in [-0.4, -0.2) is 16.5 Å². The average Bonchev–Trinajstić information content (AvgIpc) is 2.36. The zero-order valence-corrected chi connectivity index (χ0v) is 11.1. The van der Waals surface area contributed by atoms with Gasteiger partial charge < -0.3 is 5.32 Å². The molecule has 0 aliphatic heterocycles. The van der Waals surface area contributed by atoms with Crippen LogP contribution in [0.5, 0.6) is 0 Å². The second-order valence-corrected chi connectivity index (χ2v) is 4.63. The second-order valence-electron chi connectivity index (χ2n) is 4.63. The minimum absolute atomic E-state index is 0.460. The highest BCUT2D eigenvalue weighted by molar-refractivity contribution is 5.36. The molecule has 0 aliphatic rings. The maximum Gasteiger partial charge on any atom is 0.129 e. The van der Waals surface area contributed by atoms with E-state index < -0.39 is 0 Å². The van der Waals surface area contributed by atoms with E-state index in [1.807, 2.05) is 26.0 Å². The third kappa shape index (κ3) is 3.29. The van der Waals surface area contributed by atoms with Crippen molar-refractivity contribution in [2.75, 3.05) is 11.9 Å². The molecule has 18 heavy (non-hydrogen) atoms. The number of aromatic nitrogens is 2. The molecule has 0 saturated carbocycles. The SMILES string of the molecule is Cc1cc(NC[C@@H](C)c2ccccc2)nc(C)n1. The zero-order valence-electron chi connectivity index (χ0n) is 11.1. The average molecular weight is 241 g/mol. The van der Waals surface area contributed by atoms with Crippen LogP contribution in [0.1, 0.15) is 29.9 Å². The molecule has 2 rings (SSSR count). The summed E-state index contributed by atoms with van der Waals surface area (Å²) in [6, 6.07) is 12.5. The zero-order chi connectivity index (χ0) is 13.0. The first-order valence-corrected chi connectivity index (χ1v) is 6.26. The standard InChI is InChI=1S/C15H19N3/c1-11(14-7-5-4-6-8-14)10-16-15-9-12(2)17-13(3)18-15/h4-9,11H,10H2,1-3H3,(H,16,17,18)/t11-/m1/s1. The van der Waals surface area contributed by atoms with Gasteiger partial charge in [0.1, 0.15) is 11.6 Å². The van der Waals surface area contributed by atoms with Crippen molar-refractivity contribution in [2.45, 2.75) is 26.7 Å². The summed E-state index contributed by atoms with van der Waals surface area (Å²) in [7, 11) is 0. The highest BCUT2D eigenvalue weighted by atomic mass is 15.0. The first kappa shape index (κ1) is 12.6. The van der Waals surface area contributed by atoms with Crippen molar-refractivity contribution in [3.63, 3.8) is 0 Å². The lowest BCUT2D eigenvalue weighted by Crippen LogP contribution is -2.11. The van der Waals surface area contributed by atoms with Crippen LogP contribution >= 0.6 is 0 Å². The van der Waals surface area contributed by atoms with E-state index in [2.05, 4.69) is 46.5 Å². The first-order valence-electron chi connectivity index (χ1n) is 6.26. The van der Waals surface area contributed by atoms with Gasteiger partial charge in [-0.15, -0.1) is 0 Å². The Bertz CT molecular complexity index is 488. The molecular formula is C15H19N3. The normalized spacial score (nSPS) is 12.2. The molecule has 0 saturated heterocycles. The van der Waals surface area contributed by atoms with Crippen LogP contribution in [0.2, 0.25) is 0 Å². The summed E-state index contributed by atoms with van der Waals surface area (Å²) in [5, 5.41) is 3.37. The monoisotopic (exact) mass is 241 g/mol. The number of anilines is 1. The van der Waals surface area contributed by atoms with E-state index in [1.54, 1.807) is 0 Å². The Balaban J connectivity index is 1.99. The first-order chi connectivity index (χ1) is 8.65. The predicted molar refractivity (Wildman–Crippen MR) is 74.9 cm³/mol. The van der Waals surface area contributed by atoms with E-state index in [1.165, 1.54) is 5.56 Å². The summed E-state index contributed by atoms with van der Waals surface area (Å²) in [6.45, 7) is 6.99. The Hall–Kier alpha value is -1.90. The van der Waals surface area contributed by atoms with Gasteiger partial charge in [-0.2, -0.15) is 0 Å². The van der Waals surface area contributed by atoms with E-state index in [-0.39, 0.29) is 0 Å². The van der Waals surface area contributed by atoms with Gasteiger partial charge >= 0.3 is 0 Å². The minimum atomic E-state index is 0.460. The molecule has 0 unspecified atom stereocenters. The lowest BCUT2D eigenvalue weighted by atomic mass is 10.0. The fourth-order valence-electron chi connectivity index (χ4n) is 1.96. The molecule has 3 nitrogen and oxygen atoms in total. The van der Waals surface area contributed by atoms with Crippen molar-refractivity contribution in [3.8, 4) is 0 Å². The molecule has 1 atom stereocenters. The van der Waals surface area contributed by atoms with Crippen molar-refractivity contribution in [1.82, 2.24) is 9.97 Å². The van der Waals surface area contributed by atoms with Gasteiger partial charge in [-0.3, -0.25) is 0 Å². The molecule has 1 aromatic heterocycles. The van der Waals surface area contributed by atoms with Gasteiger partial charge in [0, 0.05) is 18.3 Å². The topological polar surface area (TPSA) is 37.8 Å². The highest BCUT2D eigenvalue weighted by Crippen LogP contribution is 2.15. The number of aryl methyl sites for hydroxylation is 2. The van der Waals surface area contributed by atoms with E-state index in [4.69, 9.17) is 0 Å². The largest absolute Gasteiger partial charge is 0.369 e. The smallest absolute Gasteiger partial charge is 0.129 e. The van der Waals surface area contributed by atoms with E-state index >= 15 is 0 Å². The van der Waals surface area contributed by atoms with Gasteiger partial charge in [0.05, 0.1) is 0 Å². The molecule has 0 radical (unpaired) electrons. The predicted octanol–water partition coefficient (Wildman–Crippen LogP) is 3.31. The Kier molecular flexibility index (Phi) is 3.92. The van der Waals surface area contributed by atoms with Crippen LogP contribution in [0.25, 0.3) is 0 Å². The summed E-state index contributed by atoms with van der Waals surface area (Å²) in [5.74, 6) is 2.18. The molecule has 0 aliphatic carbocycles. The molecule has 0 spiro atoms. The highest BCUT2D eigenvalue weighted by Gasteiger charge is 2.05. The maximum atomic E-state index is 4.38. The van der Waals surface area contributed by atoms with Crippen LogP contribution in [0.4, 0.5) is 5.82 Å². The van der Waals surface area contributed by atoms with Crippen molar-refractivity contribution in [1.29, 1.82) is 0 Å². The summed E-state index contributed by atoms with van der Waals surface area (Å²) in [4.78, 5) is 8.65. The van der Waals surface area contributed by atoms with Gasteiger partial charge in [0.2, 0.25) is 0 Å². The fourth-order valence-corrected chi connectivity index (χ4v) is 1.96.